The molecule has 11 heteroatoms. The number of nitrogens with zero attached hydrogens (tertiary/aromatic N) is 2. The van der Waals surface area contributed by atoms with E-state index in [1.165, 1.54) is 24.3 Å². The summed E-state index contributed by atoms with van der Waals surface area (Å²) in [5.41, 5.74) is 0.206. The van der Waals surface area contributed by atoms with Gasteiger partial charge in [0, 0.05) is 11.9 Å². The van der Waals surface area contributed by atoms with Crippen LogP contribution in [0.5, 0.6) is 5.88 Å². The Bertz CT molecular complexity index is 1250. The highest BCUT2D eigenvalue weighted by atomic mass is 32.2. The molecule has 3 aromatic rings. The van der Waals surface area contributed by atoms with E-state index >= 15 is 0 Å². The van der Waals surface area contributed by atoms with Crippen molar-refractivity contribution in [3.8, 4) is 5.88 Å². The zero-order valence-electron chi connectivity index (χ0n) is 20.3. The second kappa shape index (κ2) is 11.3. The zero-order chi connectivity index (χ0) is 26.5. The smallest absolute Gasteiger partial charge is 0.423 e. The zero-order valence-corrected chi connectivity index (χ0v) is 21.1. The summed E-state index contributed by atoms with van der Waals surface area (Å²) in [5.74, 6) is -0.774. The van der Waals surface area contributed by atoms with Crippen molar-refractivity contribution in [1.82, 2.24) is 9.97 Å². The molecule has 3 rings (SSSR count). The molecule has 0 aliphatic carbocycles. The fraction of sp³-hybridized carbons (Fsp3) is 0.360. The molecule has 0 spiro atoms. The molecule has 0 aliphatic rings. The van der Waals surface area contributed by atoms with Gasteiger partial charge in [0.15, 0.2) is 9.84 Å². The highest BCUT2D eigenvalue weighted by Crippen LogP contribution is 2.36. The standard InChI is InChI=1S/C25H28F3N3O4S/c1-16(2)36(32,33)21-12-10-20(11-13-21)30-24-29-14-22(25(26,27)28)23(31-24)35-18(4)17(3)34-15-19-8-6-5-7-9-19/h5-14,16-18H,15H2,1-4H3,(H,29,30,31)/t17-,18-/m1/s1. The molecule has 0 aliphatic heterocycles. The van der Waals surface area contributed by atoms with Crippen LogP contribution in [-0.2, 0) is 27.4 Å². The SMILES string of the molecule is CC(C)S(=O)(=O)c1ccc(Nc2ncc(C(F)(F)F)c(O[C@H](C)[C@@H](C)OCc3ccccc3)n2)cc1. The van der Waals surface area contributed by atoms with Crippen LogP contribution in [0.4, 0.5) is 24.8 Å². The Balaban J connectivity index is 1.76. The third-order valence-electron chi connectivity index (χ3n) is 5.43. The Hall–Kier alpha value is -3.18. The van der Waals surface area contributed by atoms with Crippen molar-refractivity contribution in [2.75, 3.05) is 5.32 Å². The minimum Gasteiger partial charge on any atom is -0.471 e. The second-order valence-corrected chi connectivity index (χ2v) is 11.0. The van der Waals surface area contributed by atoms with Crippen LogP contribution in [-0.4, -0.2) is 35.8 Å². The Morgan fingerprint density at radius 3 is 2.17 bits per heavy atom. The van der Waals surface area contributed by atoms with Crippen molar-refractivity contribution >= 4 is 21.5 Å². The molecule has 1 aromatic heterocycles. The van der Waals surface area contributed by atoms with Crippen LogP contribution < -0.4 is 10.1 Å². The molecule has 1 N–H and O–H groups in total. The molecule has 2 atom stereocenters. The maximum atomic E-state index is 13.6. The maximum absolute atomic E-state index is 13.6. The quantitative estimate of drug-likeness (QED) is 0.360. The average Bonchev–Trinajstić information content (AvgIpc) is 2.82. The van der Waals surface area contributed by atoms with Gasteiger partial charge in [-0.25, -0.2) is 13.4 Å². The summed E-state index contributed by atoms with van der Waals surface area (Å²) in [6.07, 6.45) is -5.37. The molecule has 0 saturated carbocycles. The number of benzene rings is 2. The highest BCUT2D eigenvalue weighted by molar-refractivity contribution is 7.92. The lowest BCUT2D eigenvalue weighted by Gasteiger charge is -2.23. The Kier molecular flexibility index (Phi) is 8.57. The summed E-state index contributed by atoms with van der Waals surface area (Å²) in [5, 5.41) is 2.20. The predicted octanol–water partition coefficient (Wildman–Crippen LogP) is 5.79. The minimum absolute atomic E-state index is 0.137. The van der Waals surface area contributed by atoms with E-state index in [0.717, 1.165) is 5.56 Å². The predicted molar refractivity (Wildman–Crippen MR) is 130 cm³/mol. The second-order valence-electron chi connectivity index (χ2n) is 8.48. The molecule has 1 heterocycles. The van der Waals surface area contributed by atoms with E-state index in [1.54, 1.807) is 27.7 Å². The first-order chi connectivity index (χ1) is 16.9. The van der Waals surface area contributed by atoms with Crippen molar-refractivity contribution in [3.05, 3.63) is 71.9 Å². The van der Waals surface area contributed by atoms with Gasteiger partial charge in [-0.15, -0.1) is 0 Å². The molecule has 36 heavy (non-hydrogen) atoms. The average molecular weight is 524 g/mol. The Labute approximate surface area is 208 Å². The van der Waals surface area contributed by atoms with Gasteiger partial charge in [-0.1, -0.05) is 30.3 Å². The topological polar surface area (TPSA) is 90.4 Å². The fourth-order valence-electron chi connectivity index (χ4n) is 3.05. The molecule has 0 saturated heterocycles. The Morgan fingerprint density at radius 2 is 1.58 bits per heavy atom. The van der Waals surface area contributed by atoms with Crippen molar-refractivity contribution in [1.29, 1.82) is 0 Å². The lowest BCUT2D eigenvalue weighted by Crippen LogP contribution is -2.30. The molecule has 0 unspecified atom stereocenters. The minimum atomic E-state index is -4.73. The van der Waals surface area contributed by atoms with E-state index in [4.69, 9.17) is 9.47 Å². The van der Waals surface area contributed by atoms with Gasteiger partial charge in [-0.2, -0.15) is 18.2 Å². The van der Waals surface area contributed by atoms with Gasteiger partial charge in [0.1, 0.15) is 11.7 Å². The number of rotatable bonds is 10. The molecule has 194 valence electrons. The molecular weight excluding hydrogens is 495 g/mol. The van der Waals surface area contributed by atoms with E-state index in [2.05, 4.69) is 15.3 Å². The molecule has 0 bridgehead atoms. The van der Waals surface area contributed by atoms with Gasteiger partial charge < -0.3 is 14.8 Å². The van der Waals surface area contributed by atoms with Crippen molar-refractivity contribution in [3.63, 3.8) is 0 Å². The summed E-state index contributed by atoms with van der Waals surface area (Å²) in [6, 6.07) is 15.2. The number of hydrogen-bond donors (Lipinski definition) is 1. The monoisotopic (exact) mass is 523 g/mol. The molecule has 7 nitrogen and oxygen atoms in total. The van der Waals surface area contributed by atoms with Gasteiger partial charge >= 0.3 is 6.18 Å². The summed E-state index contributed by atoms with van der Waals surface area (Å²) in [7, 11) is -3.46. The summed E-state index contributed by atoms with van der Waals surface area (Å²) >= 11 is 0. The van der Waals surface area contributed by atoms with Crippen LogP contribution >= 0.6 is 0 Å². The van der Waals surface area contributed by atoms with Crippen LogP contribution in [0.15, 0.2) is 65.7 Å². The molecule has 0 radical (unpaired) electrons. The van der Waals surface area contributed by atoms with Gasteiger partial charge in [-0.3, -0.25) is 0 Å². The van der Waals surface area contributed by atoms with Crippen LogP contribution in [0.3, 0.4) is 0 Å². The number of nitrogens with one attached hydrogen (secondary N) is 1. The molecule has 0 fully saturated rings. The van der Waals surface area contributed by atoms with Gasteiger partial charge in [0.25, 0.3) is 0 Å². The van der Waals surface area contributed by atoms with Crippen LogP contribution in [0.25, 0.3) is 0 Å². The molecule has 2 aromatic carbocycles. The number of alkyl halides is 3. The number of hydrogen-bond acceptors (Lipinski definition) is 7. The van der Waals surface area contributed by atoms with Gasteiger partial charge in [0.2, 0.25) is 11.8 Å². The fourth-order valence-corrected chi connectivity index (χ4v) is 4.11. The number of halogens is 3. The third kappa shape index (κ3) is 6.94. The van der Waals surface area contributed by atoms with E-state index in [9.17, 15) is 21.6 Å². The summed E-state index contributed by atoms with van der Waals surface area (Å²) in [6.45, 7) is 6.73. The van der Waals surface area contributed by atoms with E-state index < -0.39 is 44.9 Å². The number of sulfone groups is 1. The Morgan fingerprint density at radius 1 is 0.944 bits per heavy atom. The van der Waals surface area contributed by atoms with Crippen LogP contribution in [0, 0.1) is 0 Å². The molecule has 0 amide bonds. The molecular formula is C25H28F3N3O4S. The number of ether oxygens (including phenoxy) is 2. The van der Waals surface area contributed by atoms with Crippen molar-refractivity contribution in [2.45, 2.75) is 62.8 Å². The number of anilines is 2. The normalized spacial score (nSPS) is 13.9. The first-order valence-electron chi connectivity index (χ1n) is 11.3. The van der Waals surface area contributed by atoms with Crippen molar-refractivity contribution < 1.29 is 31.1 Å². The summed E-state index contributed by atoms with van der Waals surface area (Å²) in [4.78, 5) is 7.83. The van der Waals surface area contributed by atoms with Crippen LogP contribution in [0.1, 0.15) is 38.8 Å². The van der Waals surface area contributed by atoms with E-state index in [1.807, 2.05) is 30.3 Å². The van der Waals surface area contributed by atoms with Crippen LogP contribution in [0.2, 0.25) is 0 Å². The largest absolute Gasteiger partial charge is 0.471 e. The first-order valence-corrected chi connectivity index (χ1v) is 12.8. The third-order valence-corrected chi connectivity index (χ3v) is 7.60. The van der Waals surface area contributed by atoms with Gasteiger partial charge in [-0.05, 0) is 57.5 Å². The highest BCUT2D eigenvalue weighted by Gasteiger charge is 2.37. The van der Waals surface area contributed by atoms with Gasteiger partial charge in [0.05, 0.1) is 22.9 Å². The lowest BCUT2D eigenvalue weighted by atomic mass is 10.2. The number of aromatic nitrogens is 2. The van der Waals surface area contributed by atoms with E-state index in [-0.39, 0.29) is 17.5 Å². The maximum Gasteiger partial charge on any atom is 0.423 e. The first kappa shape index (κ1) is 27.4. The van der Waals surface area contributed by atoms with Crippen molar-refractivity contribution in [2.24, 2.45) is 0 Å². The summed E-state index contributed by atoms with van der Waals surface area (Å²) < 4.78 is 76.6. The van der Waals surface area contributed by atoms with E-state index in [0.29, 0.717) is 11.9 Å². The lowest BCUT2D eigenvalue weighted by molar-refractivity contribution is -0.140.